The van der Waals surface area contributed by atoms with Gasteiger partial charge in [-0.15, -0.1) is 6.42 Å². The van der Waals surface area contributed by atoms with Gasteiger partial charge in [0.05, 0.1) is 30.4 Å². The molecule has 0 radical (unpaired) electrons. The lowest BCUT2D eigenvalue weighted by atomic mass is 10.2. The summed E-state index contributed by atoms with van der Waals surface area (Å²) in [5.41, 5.74) is 0.427. The molecule has 0 aliphatic rings. The first-order valence-corrected chi connectivity index (χ1v) is 6.07. The summed E-state index contributed by atoms with van der Waals surface area (Å²) in [7, 11) is 0. The van der Waals surface area contributed by atoms with Crippen molar-refractivity contribution < 1.29 is 14.2 Å². The number of benzene rings is 1. The fourth-order valence-corrected chi connectivity index (χ4v) is 1.46. The monoisotopic (exact) mass is 279 g/mol. The summed E-state index contributed by atoms with van der Waals surface area (Å²) in [4.78, 5) is 0. The predicted molar refractivity (Wildman–Crippen MR) is 72.1 cm³/mol. The molecule has 0 heterocycles. The lowest BCUT2D eigenvalue weighted by molar-refractivity contribution is 0.0462. The molecule has 4 nitrogen and oxygen atoms in total. The highest BCUT2D eigenvalue weighted by atomic mass is 35.5. The lowest BCUT2D eigenvalue weighted by Gasteiger charge is -2.07. The summed E-state index contributed by atoms with van der Waals surface area (Å²) in [6.07, 6.45) is 5.02. The third-order valence-corrected chi connectivity index (χ3v) is 2.43. The molecule has 0 unspecified atom stereocenters. The third kappa shape index (κ3) is 6.13. The topological polar surface area (TPSA) is 51.5 Å². The summed E-state index contributed by atoms with van der Waals surface area (Å²) >= 11 is 5.87. The first kappa shape index (κ1) is 15.3. The molecule has 1 aromatic rings. The quantitative estimate of drug-likeness (QED) is 0.541. The van der Waals surface area contributed by atoms with Gasteiger partial charge in [0.25, 0.3) is 0 Å². The maximum Gasteiger partial charge on any atom is 0.120 e. The van der Waals surface area contributed by atoms with E-state index >= 15 is 0 Å². The van der Waals surface area contributed by atoms with Crippen LogP contribution in [0.2, 0.25) is 5.02 Å². The second kappa shape index (κ2) is 9.24. The van der Waals surface area contributed by atoms with Gasteiger partial charge in [0.1, 0.15) is 25.0 Å². The van der Waals surface area contributed by atoms with E-state index in [9.17, 15) is 0 Å². The Morgan fingerprint density at radius 3 is 2.58 bits per heavy atom. The second-order valence-corrected chi connectivity index (χ2v) is 3.88. The van der Waals surface area contributed by atoms with E-state index in [1.807, 2.05) is 6.07 Å². The SMILES string of the molecule is C#CCOCCOCCOc1ccc(C#N)c(Cl)c1. The minimum atomic E-state index is 0.295. The molecular weight excluding hydrogens is 266 g/mol. The summed E-state index contributed by atoms with van der Waals surface area (Å²) in [6, 6.07) is 6.90. The van der Waals surface area contributed by atoms with Crippen molar-refractivity contribution >= 4 is 11.6 Å². The fraction of sp³-hybridized carbons (Fsp3) is 0.357. The van der Waals surface area contributed by atoms with Crippen LogP contribution in [0.25, 0.3) is 0 Å². The molecular formula is C14H14ClNO3. The predicted octanol–water partition coefficient (Wildman–Crippen LogP) is 2.26. The summed E-state index contributed by atoms with van der Waals surface area (Å²) in [5.74, 6) is 2.98. The maximum absolute atomic E-state index is 8.72. The highest BCUT2D eigenvalue weighted by Crippen LogP contribution is 2.21. The molecule has 0 fully saturated rings. The van der Waals surface area contributed by atoms with Crippen molar-refractivity contribution in [2.75, 3.05) is 33.0 Å². The van der Waals surface area contributed by atoms with Crippen LogP contribution in [0.1, 0.15) is 5.56 Å². The molecule has 5 heteroatoms. The Morgan fingerprint density at radius 2 is 1.89 bits per heavy atom. The Bertz CT molecular complexity index is 477. The zero-order valence-corrected chi connectivity index (χ0v) is 11.2. The molecule has 0 aromatic heterocycles. The van der Waals surface area contributed by atoms with Crippen LogP contribution in [-0.4, -0.2) is 33.0 Å². The van der Waals surface area contributed by atoms with Crippen LogP contribution in [0.15, 0.2) is 18.2 Å². The van der Waals surface area contributed by atoms with Crippen molar-refractivity contribution in [2.45, 2.75) is 0 Å². The number of hydrogen-bond donors (Lipinski definition) is 0. The van der Waals surface area contributed by atoms with E-state index in [0.717, 1.165) is 0 Å². The molecule has 0 spiro atoms. The van der Waals surface area contributed by atoms with Crippen molar-refractivity contribution in [1.29, 1.82) is 5.26 Å². The van der Waals surface area contributed by atoms with E-state index in [1.165, 1.54) is 0 Å². The van der Waals surface area contributed by atoms with E-state index in [4.69, 9.17) is 37.5 Å². The standard InChI is InChI=1S/C14H14ClNO3/c1-2-5-17-6-7-18-8-9-19-13-4-3-12(11-16)14(15)10-13/h1,3-4,10H,5-9H2. The smallest absolute Gasteiger partial charge is 0.120 e. The number of nitriles is 1. The molecule has 1 rings (SSSR count). The van der Waals surface area contributed by atoms with Gasteiger partial charge in [-0.1, -0.05) is 17.5 Å². The number of rotatable bonds is 8. The van der Waals surface area contributed by atoms with Gasteiger partial charge in [-0.3, -0.25) is 0 Å². The molecule has 0 bridgehead atoms. The van der Waals surface area contributed by atoms with E-state index < -0.39 is 0 Å². The largest absolute Gasteiger partial charge is 0.491 e. The molecule has 0 aliphatic heterocycles. The summed E-state index contributed by atoms with van der Waals surface area (Å²) < 4.78 is 15.7. The fourth-order valence-electron chi connectivity index (χ4n) is 1.25. The van der Waals surface area contributed by atoms with Crippen molar-refractivity contribution in [3.8, 4) is 24.2 Å². The number of ether oxygens (including phenoxy) is 3. The molecule has 19 heavy (non-hydrogen) atoms. The average Bonchev–Trinajstić information content (AvgIpc) is 2.42. The Morgan fingerprint density at radius 1 is 1.16 bits per heavy atom. The second-order valence-electron chi connectivity index (χ2n) is 3.47. The van der Waals surface area contributed by atoms with E-state index in [1.54, 1.807) is 18.2 Å². The van der Waals surface area contributed by atoms with Gasteiger partial charge in [0.15, 0.2) is 0 Å². The van der Waals surface area contributed by atoms with Gasteiger partial charge in [-0.2, -0.15) is 5.26 Å². The third-order valence-electron chi connectivity index (χ3n) is 2.11. The van der Waals surface area contributed by atoms with Crippen molar-refractivity contribution in [2.24, 2.45) is 0 Å². The summed E-state index contributed by atoms with van der Waals surface area (Å²) in [5, 5.41) is 9.10. The van der Waals surface area contributed by atoms with Crippen LogP contribution in [0.4, 0.5) is 0 Å². The number of halogens is 1. The number of nitrogens with zero attached hydrogens (tertiary/aromatic N) is 1. The van der Waals surface area contributed by atoms with Crippen molar-refractivity contribution in [3.05, 3.63) is 28.8 Å². The van der Waals surface area contributed by atoms with E-state index in [-0.39, 0.29) is 0 Å². The Balaban J connectivity index is 2.15. The van der Waals surface area contributed by atoms with Crippen LogP contribution in [-0.2, 0) is 9.47 Å². The number of terminal acetylenes is 1. The van der Waals surface area contributed by atoms with Gasteiger partial charge in [0.2, 0.25) is 0 Å². The number of hydrogen-bond acceptors (Lipinski definition) is 4. The van der Waals surface area contributed by atoms with Crippen LogP contribution in [0.3, 0.4) is 0 Å². The molecule has 0 saturated carbocycles. The first-order chi connectivity index (χ1) is 9.27. The zero-order chi connectivity index (χ0) is 13.9. The minimum Gasteiger partial charge on any atom is -0.491 e. The van der Waals surface area contributed by atoms with Crippen LogP contribution >= 0.6 is 11.6 Å². The Hall–Kier alpha value is -1.72. The van der Waals surface area contributed by atoms with Gasteiger partial charge in [-0.25, -0.2) is 0 Å². The van der Waals surface area contributed by atoms with Crippen molar-refractivity contribution in [1.82, 2.24) is 0 Å². The minimum absolute atomic E-state index is 0.295. The Kier molecular flexibility index (Phi) is 7.46. The van der Waals surface area contributed by atoms with Gasteiger partial charge >= 0.3 is 0 Å². The molecule has 1 aromatic carbocycles. The average molecular weight is 280 g/mol. The molecule has 0 amide bonds. The lowest BCUT2D eigenvalue weighted by Crippen LogP contribution is -2.10. The molecule has 100 valence electrons. The van der Waals surface area contributed by atoms with E-state index in [0.29, 0.717) is 49.4 Å². The van der Waals surface area contributed by atoms with Crippen LogP contribution in [0, 0.1) is 23.7 Å². The summed E-state index contributed by atoms with van der Waals surface area (Å²) in [6.45, 7) is 2.07. The Labute approximate surface area is 117 Å². The molecule has 0 N–H and O–H groups in total. The maximum atomic E-state index is 8.72. The van der Waals surface area contributed by atoms with Crippen LogP contribution < -0.4 is 4.74 Å². The van der Waals surface area contributed by atoms with Gasteiger partial charge in [-0.05, 0) is 12.1 Å². The van der Waals surface area contributed by atoms with Gasteiger partial charge < -0.3 is 14.2 Å². The highest BCUT2D eigenvalue weighted by Gasteiger charge is 2.01. The van der Waals surface area contributed by atoms with Crippen LogP contribution in [0.5, 0.6) is 5.75 Å². The zero-order valence-electron chi connectivity index (χ0n) is 10.4. The highest BCUT2D eigenvalue weighted by molar-refractivity contribution is 6.31. The molecule has 0 atom stereocenters. The van der Waals surface area contributed by atoms with E-state index in [2.05, 4.69) is 5.92 Å². The normalized spacial score (nSPS) is 9.63. The first-order valence-electron chi connectivity index (χ1n) is 5.69. The molecule has 0 aliphatic carbocycles. The van der Waals surface area contributed by atoms with Gasteiger partial charge in [0, 0.05) is 6.07 Å². The molecule has 0 saturated heterocycles. The van der Waals surface area contributed by atoms with Crippen molar-refractivity contribution in [3.63, 3.8) is 0 Å².